The molecule has 0 bridgehead atoms. The zero-order chi connectivity index (χ0) is 15.2. The van der Waals surface area contributed by atoms with E-state index in [0.29, 0.717) is 19.0 Å². The Morgan fingerprint density at radius 2 is 2.00 bits per heavy atom. The van der Waals surface area contributed by atoms with Gasteiger partial charge in [-0.2, -0.15) is 0 Å². The van der Waals surface area contributed by atoms with Crippen molar-refractivity contribution in [1.82, 2.24) is 14.9 Å². The van der Waals surface area contributed by atoms with Gasteiger partial charge < -0.3 is 15.0 Å². The molecule has 1 amide bonds. The molecule has 0 spiro atoms. The van der Waals surface area contributed by atoms with Crippen LogP contribution in [0.25, 0.3) is 0 Å². The summed E-state index contributed by atoms with van der Waals surface area (Å²) in [6.07, 6.45) is 3.84. The maximum atomic E-state index is 11.7. The van der Waals surface area contributed by atoms with Crippen LogP contribution < -0.4 is 5.32 Å². The molecular formula is C13H21BrN4O2. The number of hydrogen-bond acceptors (Lipinski definition) is 5. The monoisotopic (exact) mass is 344 g/mol. The van der Waals surface area contributed by atoms with E-state index in [0.717, 1.165) is 10.9 Å². The second-order valence-corrected chi connectivity index (χ2v) is 6.32. The number of nitrogens with zero attached hydrogens (tertiary/aromatic N) is 3. The Hall–Kier alpha value is -1.37. The molecule has 0 atom stereocenters. The highest BCUT2D eigenvalue weighted by Gasteiger charge is 2.18. The Labute approximate surface area is 128 Å². The van der Waals surface area contributed by atoms with Crippen molar-refractivity contribution < 1.29 is 9.53 Å². The number of carbonyl (C=O) groups excluding carboxylic acids is 1. The van der Waals surface area contributed by atoms with Crippen LogP contribution in [-0.2, 0) is 4.74 Å². The average molecular weight is 345 g/mol. The van der Waals surface area contributed by atoms with Crippen LogP contribution >= 0.6 is 15.9 Å². The molecule has 0 aliphatic carbocycles. The lowest BCUT2D eigenvalue weighted by Crippen LogP contribution is -2.35. The van der Waals surface area contributed by atoms with E-state index in [1.807, 2.05) is 20.8 Å². The molecule has 1 N–H and O–H groups in total. The van der Waals surface area contributed by atoms with Gasteiger partial charge in [0.25, 0.3) is 0 Å². The summed E-state index contributed by atoms with van der Waals surface area (Å²) < 4.78 is 6.11. The van der Waals surface area contributed by atoms with Crippen molar-refractivity contribution in [2.75, 3.05) is 25.5 Å². The lowest BCUT2D eigenvalue weighted by molar-refractivity contribution is 0.0298. The topological polar surface area (TPSA) is 67.3 Å². The highest BCUT2D eigenvalue weighted by Crippen LogP contribution is 2.09. The summed E-state index contributed by atoms with van der Waals surface area (Å²) >= 11 is 3.28. The molecule has 0 aliphatic heterocycles. The zero-order valence-electron chi connectivity index (χ0n) is 12.3. The van der Waals surface area contributed by atoms with Gasteiger partial charge in [0.2, 0.25) is 5.95 Å². The van der Waals surface area contributed by atoms with Crippen LogP contribution in [0.15, 0.2) is 16.9 Å². The first-order valence-corrected chi connectivity index (χ1v) is 7.23. The molecule has 0 saturated heterocycles. The Kier molecular flexibility index (Phi) is 6.19. The van der Waals surface area contributed by atoms with Gasteiger partial charge >= 0.3 is 6.09 Å². The van der Waals surface area contributed by atoms with Gasteiger partial charge in [0.15, 0.2) is 0 Å². The molecule has 112 valence electrons. The van der Waals surface area contributed by atoms with E-state index in [-0.39, 0.29) is 6.09 Å². The maximum Gasteiger partial charge on any atom is 0.410 e. The summed E-state index contributed by atoms with van der Waals surface area (Å²) in [5.74, 6) is 0.577. The van der Waals surface area contributed by atoms with Crippen molar-refractivity contribution in [3.8, 4) is 0 Å². The van der Waals surface area contributed by atoms with Gasteiger partial charge in [-0.3, -0.25) is 0 Å². The zero-order valence-corrected chi connectivity index (χ0v) is 13.9. The van der Waals surface area contributed by atoms with E-state index < -0.39 is 5.60 Å². The van der Waals surface area contributed by atoms with Gasteiger partial charge in [0.1, 0.15) is 5.60 Å². The van der Waals surface area contributed by atoms with Gasteiger partial charge in [-0.05, 0) is 43.1 Å². The standard InChI is InChI=1S/C13H21BrN4O2/c1-13(2,3)20-12(19)18(4)7-5-6-15-11-16-8-10(14)9-17-11/h8-9H,5-7H2,1-4H3,(H,15,16,17). The molecule has 0 saturated carbocycles. The van der Waals surface area contributed by atoms with Crippen molar-refractivity contribution in [2.24, 2.45) is 0 Å². The molecule has 0 aliphatic rings. The quantitative estimate of drug-likeness (QED) is 0.831. The Bertz CT molecular complexity index is 431. The predicted molar refractivity (Wildman–Crippen MR) is 81.7 cm³/mol. The average Bonchev–Trinajstić information content (AvgIpc) is 2.34. The first kappa shape index (κ1) is 16.7. The van der Waals surface area contributed by atoms with E-state index in [1.165, 1.54) is 0 Å². The first-order chi connectivity index (χ1) is 9.28. The van der Waals surface area contributed by atoms with E-state index >= 15 is 0 Å². The van der Waals surface area contributed by atoms with E-state index in [9.17, 15) is 4.79 Å². The molecular weight excluding hydrogens is 324 g/mol. The summed E-state index contributed by atoms with van der Waals surface area (Å²) in [5, 5.41) is 3.09. The summed E-state index contributed by atoms with van der Waals surface area (Å²) in [6.45, 7) is 6.86. The lowest BCUT2D eigenvalue weighted by Gasteiger charge is -2.24. The molecule has 0 unspecified atom stereocenters. The number of ether oxygens (including phenoxy) is 1. The maximum absolute atomic E-state index is 11.7. The third-order valence-electron chi connectivity index (χ3n) is 2.28. The summed E-state index contributed by atoms with van der Waals surface area (Å²) in [6, 6.07) is 0. The smallest absolute Gasteiger partial charge is 0.410 e. The number of nitrogens with one attached hydrogen (secondary N) is 1. The normalized spacial score (nSPS) is 11.1. The fourth-order valence-electron chi connectivity index (χ4n) is 1.35. The number of carbonyl (C=O) groups is 1. The van der Waals surface area contributed by atoms with Crippen LogP contribution in [0.3, 0.4) is 0 Å². The lowest BCUT2D eigenvalue weighted by atomic mass is 10.2. The minimum atomic E-state index is -0.463. The molecule has 7 heteroatoms. The van der Waals surface area contributed by atoms with Crippen molar-refractivity contribution in [2.45, 2.75) is 32.8 Å². The minimum Gasteiger partial charge on any atom is -0.444 e. The van der Waals surface area contributed by atoms with E-state index in [4.69, 9.17) is 4.74 Å². The van der Waals surface area contributed by atoms with Gasteiger partial charge in [-0.25, -0.2) is 14.8 Å². The molecule has 1 aromatic heterocycles. The third-order valence-corrected chi connectivity index (χ3v) is 2.69. The third kappa shape index (κ3) is 6.70. The molecule has 20 heavy (non-hydrogen) atoms. The van der Waals surface area contributed by atoms with Gasteiger partial charge in [0.05, 0.1) is 4.47 Å². The van der Waals surface area contributed by atoms with Crippen molar-refractivity contribution in [3.05, 3.63) is 16.9 Å². The number of hydrogen-bond donors (Lipinski definition) is 1. The molecule has 6 nitrogen and oxygen atoms in total. The van der Waals surface area contributed by atoms with Gasteiger partial charge in [-0.15, -0.1) is 0 Å². The number of rotatable bonds is 5. The number of aromatic nitrogens is 2. The molecule has 1 heterocycles. The molecule has 0 radical (unpaired) electrons. The Balaban J connectivity index is 2.23. The van der Waals surface area contributed by atoms with Gasteiger partial charge in [0, 0.05) is 32.5 Å². The van der Waals surface area contributed by atoms with Crippen LogP contribution in [0, 0.1) is 0 Å². The van der Waals surface area contributed by atoms with Crippen LogP contribution in [0.5, 0.6) is 0 Å². The fourth-order valence-corrected chi connectivity index (χ4v) is 1.56. The number of halogens is 1. The fraction of sp³-hybridized carbons (Fsp3) is 0.615. The Morgan fingerprint density at radius 1 is 1.40 bits per heavy atom. The van der Waals surface area contributed by atoms with E-state index in [2.05, 4.69) is 31.2 Å². The van der Waals surface area contributed by atoms with Gasteiger partial charge in [-0.1, -0.05) is 0 Å². The second kappa shape index (κ2) is 7.42. The summed E-state index contributed by atoms with van der Waals surface area (Å²) in [4.78, 5) is 21.5. The molecule has 1 rings (SSSR count). The Morgan fingerprint density at radius 3 is 2.55 bits per heavy atom. The van der Waals surface area contributed by atoms with Crippen molar-refractivity contribution in [3.63, 3.8) is 0 Å². The molecule has 0 fully saturated rings. The molecule has 1 aromatic rings. The number of amides is 1. The van der Waals surface area contributed by atoms with Crippen molar-refractivity contribution in [1.29, 1.82) is 0 Å². The van der Waals surface area contributed by atoms with Crippen LogP contribution in [0.4, 0.5) is 10.7 Å². The van der Waals surface area contributed by atoms with Crippen LogP contribution in [-0.4, -0.2) is 46.7 Å². The predicted octanol–water partition coefficient (Wildman–Crippen LogP) is 2.91. The second-order valence-electron chi connectivity index (χ2n) is 5.41. The summed E-state index contributed by atoms with van der Waals surface area (Å²) in [7, 11) is 1.73. The number of anilines is 1. The van der Waals surface area contributed by atoms with Crippen molar-refractivity contribution >= 4 is 28.0 Å². The first-order valence-electron chi connectivity index (χ1n) is 6.43. The highest BCUT2D eigenvalue weighted by atomic mass is 79.9. The highest BCUT2D eigenvalue weighted by molar-refractivity contribution is 9.10. The van der Waals surface area contributed by atoms with Crippen LogP contribution in [0.2, 0.25) is 0 Å². The summed E-state index contributed by atoms with van der Waals surface area (Å²) in [5.41, 5.74) is -0.463. The largest absolute Gasteiger partial charge is 0.444 e. The minimum absolute atomic E-state index is 0.308. The van der Waals surface area contributed by atoms with E-state index in [1.54, 1.807) is 24.3 Å². The van der Waals surface area contributed by atoms with Crippen LogP contribution in [0.1, 0.15) is 27.2 Å². The molecule has 0 aromatic carbocycles. The SMILES string of the molecule is CN(CCCNc1ncc(Br)cn1)C(=O)OC(C)(C)C.